The third kappa shape index (κ3) is 3.99. The van der Waals surface area contributed by atoms with Crippen molar-refractivity contribution in [2.45, 2.75) is 31.5 Å². The lowest BCUT2D eigenvalue weighted by atomic mass is 10.2. The lowest BCUT2D eigenvalue weighted by molar-refractivity contribution is 0.596. The van der Waals surface area contributed by atoms with Crippen molar-refractivity contribution in [2.24, 2.45) is 0 Å². The highest BCUT2D eigenvalue weighted by Gasteiger charge is 2.32. The van der Waals surface area contributed by atoms with Gasteiger partial charge in [-0.25, -0.2) is 12.7 Å². The number of para-hydroxylation sites is 2. The highest BCUT2D eigenvalue weighted by atomic mass is 32.2. The van der Waals surface area contributed by atoms with Gasteiger partial charge in [0, 0.05) is 0 Å². The Kier molecular flexibility index (Phi) is 5.26. The van der Waals surface area contributed by atoms with Crippen LogP contribution in [0.2, 0.25) is 19.6 Å². The normalized spacial score (nSPS) is 12.0. The zero-order chi connectivity index (χ0) is 19.7. The first-order valence-electron chi connectivity index (χ1n) is 8.98. The van der Waals surface area contributed by atoms with Gasteiger partial charge in [-0.05, 0) is 42.4 Å². The molecule has 0 spiro atoms. The van der Waals surface area contributed by atoms with Crippen LogP contribution in [-0.4, -0.2) is 16.5 Å². The molecule has 0 saturated carbocycles. The van der Waals surface area contributed by atoms with Crippen molar-refractivity contribution in [2.75, 3.05) is 4.31 Å². The summed E-state index contributed by atoms with van der Waals surface area (Å²) in [5.41, 5.74) is 2.34. The summed E-state index contributed by atoms with van der Waals surface area (Å²) in [6.45, 7) is 8.54. The lowest BCUT2D eigenvalue weighted by Gasteiger charge is -2.28. The summed E-state index contributed by atoms with van der Waals surface area (Å²) in [6.07, 6.45) is 0. The molecule has 0 saturated heterocycles. The minimum Gasteiger partial charge on any atom is -0.235 e. The van der Waals surface area contributed by atoms with Gasteiger partial charge < -0.3 is 0 Å². The van der Waals surface area contributed by atoms with Gasteiger partial charge in [-0.1, -0.05) is 73.7 Å². The van der Waals surface area contributed by atoms with Gasteiger partial charge in [0.2, 0.25) is 0 Å². The standard InChI is InChI=1S/C22H25NO2SSi/c1-18-15-16-21(22(17-18)27(2,3)4)26(24,25)23(19-11-7-5-8-12-19)20-13-9-6-10-14-20/h5-17H,1-4H3. The number of nitrogens with zero attached hydrogens (tertiary/aromatic N) is 1. The van der Waals surface area contributed by atoms with E-state index in [9.17, 15) is 8.42 Å². The third-order valence-electron chi connectivity index (χ3n) is 4.44. The molecule has 0 radical (unpaired) electrons. The predicted octanol–water partition coefficient (Wildman–Crippen LogP) is 5.07. The molecule has 0 heterocycles. The van der Waals surface area contributed by atoms with Crippen LogP contribution in [0.3, 0.4) is 0 Å². The molecular weight excluding hydrogens is 370 g/mol. The summed E-state index contributed by atoms with van der Waals surface area (Å²) in [7, 11) is -5.64. The summed E-state index contributed by atoms with van der Waals surface area (Å²) >= 11 is 0. The monoisotopic (exact) mass is 395 g/mol. The second kappa shape index (κ2) is 7.33. The maximum atomic E-state index is 13.9. The van der Waals surface area contributed by atoms with Crippen molar-refractivity contribution in [3.05, 3.63) is 84.4 Å². The van der Waals surface area contributed by atoms with Gasteiger partial charge in [0.05, 0.1) is 24.3 Å². The van der Waals surface area contributed by atoms with Crippen LogP contribution in [0, 0.1) is 6.92 Å². The lowest BCUT2D eigenvalue weighted by Crippen LogP contribution is -2.43. The Hall–Kier alpha value is -2.37. The largest absolute Gasteiger partial charge is 0.268 e. The van der Waals surface area contributed by atoms with E-state index in [1.54, 1.807) is 6.07 Å². The number of rotatable bonds is 5. The first-order valence-corrected chi connectivity index (χ1v) is 13.9. The second-order valence-electron chi connectivity index (χ2n) is 7.69. The van der Waals surface area contributed by atoms with Crippen molar-refractivity contribution >= 4 is 34.7 Å². The van der Waals surface area contributed by atoms with Crippen molar-refractivity contribution < 1.29 is 8.42 Å². The van der Waals surface area contributed by atoms with Gasteiger partial charge in [0.25, 0.3) is 10.0 Å². The molecule has 5 heteroatoms. The van der Waals surface area contributed by atoms with Crippen LogP contribution in [-0.2, 0) is 10.0 Å². The molecule has 0 amide bonds. The molecule has 0 aliphatic carbocycles. The van der Waals surface area contributed by atoms with Crippen LogP contribution in [0.5, 0.6) is 0 Å². The molecule has 3 aromatic rings. The minimum atomic E-state index is -3.77. The van der Waals surface area contributed by atoms with Gasteiger partial charge in [-0.2, -0.15) is 0 Å². The molecule has 27 heavy (non-hydrogen) atoms. The topological polar surface area (TPSA) is 37.4 Å². The molecule has 3 rings (SSSR count). The molecule has 0 aliphatic heterocycles. The molecule has 0 atom stereocenters. The number of anilines is 2. The fraction of sp³-hybridized carbons (Fsp3) is 0.182. The summed E-state index contributed by atoms with van der Waals surface area (Å²) in [5, 5.41) is 0.958. The van der Waals surface area contributed by atoms with E-state index in [4.69, 9.17) is 0 Å². The first kappa shape index (κ1) is 19.4. The van der Waals surface area contributed by atoms with Crippen molar-refractivity contribution in [3.8, 4) is 0 Å². The van der Waals surface area contributed by atoms with Gasteiger partial charge in [-0.15, -0.1) is 0 Å². The molecule has 0 N–H and O–H groups in total. The third-order valence-corrected chi connectivity index (χ3v) is 8.47. The average Bonchev–Trinajstić information content (AvgIpc) is 2.62. The highest BCUT2D eigenvalue weighted by molar-refractivity contribution is 7.93. The molecule has 0 unspecified atom stereocenters. The van der Waals surface area contributed by atoms with Crippen LogP contribution >= 0.6 is 0 Å². The smallest absolute Gasteiger partial charge is 0.235 e. The Morgan fingerprint density at radius 3 is 1.67 bits per heavy atom. The van der Waals surface area contributed by atoms with E-state index in [-0.39, 0.29) is 0 Å². The van der Waals surface area contributed by atoms with E-state index in [1.165, 1.54) is 4.31 Å². The Morgan fingerprint density at radius 2 is 1.22 bits per heavy atom. The number of hydrogen-bond donors (Lipinski definition) is 0. The van der Waals surface area contributed by atoms with Crippen LogP contribution in [0.4, 0.5) is 11.4 Å². The van der Waals surface area contributed by atoms with E-state index in [1.807, 2.05) is 79.7 Å². The zero-order valence-electron chi connectivity index (χ0n) is 16.2. The summed E-state index contributed by atoms with van der Waals surface area (Å²) in [5.74, 6) is 0. The van der Waals surface area contributed by atoms with Crippen LogP contribution in [0.15, 0.2) is 83.8 Å². The fourth-order valence-corrected chi connectivity index (χ4v) is 7.47. The predicted molar refractivity (Wildman–Crippen MR) is 116 cm³/mol. The van der Waals surface area contributed by atoms with Gasteiger partial charge in [0.15, 0.2) is 0 Å². The van der Waals surface area contributed by atoms with Crippen LogP contribution in [0.1, 0.15) is 5.56 Å². The molecular formula is C22H25NO2SSi. The van der Waals surface area contributed by atoms with E-state index < -0.39 is 18.1 Å². The van der Waals surface area contributed by atoms with Crippen molar-refractivity contribution in [1.29, 1.82) is 0 Å². The summed E-state index contributed by atoms with van der Waals surface area (Å²) in [6, 6.07) is 24.2. The van der Waals surface area contributed by atoms with Gasteiger partial charge in [0.1, 0.15) is 0 Å². The number of hydrogen-bond acceptors (Lipinski definition) is 2. The molecule has 0 fully saturated rings. The number of aryl methyl sites for hydroxylation is 1. The molecule has 3 nitrogen and oxygen atoms in total. The molecule has 0 aromatic heterocycles. The first-order chi connectivity index (χ1) is 12.7. The minimum absolute atomic E-state index is 0.403. The van der Waals surface area contributed by atoms with Crippen molar-refractivity contribution in [3.63, 3.8) is 0 Å². The molecule has 0 bridgehead atoms. The quantitative estimate of drug-likeness (QED) is 0.566. The van der Waals surface area contributed by atoms with Crippen LogP contribution < -0.4 is 9.49 Å². The van der Waals surface area contributed by atoms with E-state index in [2.05, 4.69) is 19.6 Å². The molecule has 3 aromatic carbocycles. The van der Waals surface area contributed by atoms with Crippen molar-refractivity contribution in [1.82, 2.24) is 0 Å². The zero-order valence-corrected chi connectivity index (χ0v) is 18.0. The van der Waals surface area contributed by atoms with E-state index >= 15 is 0 Å². The van der Waals surface area contributed by atoms with E-state index in [0.717, 1.165) is 10.8 Å². The SMILES string of the molecule is Cc1ccc(S(=O)(=O)N(c2ccccc2)c2ccccc2)c([Si](C)(C)C)c1. The summed E-state index contributed by atoms with van der Waals surface area (Å²) < 4.78 is 29.2. The Labute approximate surface area is 163 Å². The second-order valence-corrected chi connectivity index (χ2v) is 14.5. The molecule has 0 aliphatic rings. The average molecular weight is 396 g/mol. The van der Waals surface area contributed by atoms with Crippen LogP contribution in [0.25, 0.3) is 0 Å². The number of benzene rings is 3. The highest BCUT2D eigenvalue weighted by Crippen LogP contribution is 2.32. The fourth-order valence-electron chi connectivity index (χ4n) is 3.11. The van der Waals surface area contributed by atoms with Gasteiger partial charge in [-0.3, -0.25) is 0 Å². The summed E-state index contributed by atoms with van der Waals surface area (Å²) in [4.78, 5) is 0.403. The maximum Gasteiger partial charge on any atom is 0.268 e. The Morgan fingerprint density at radius 1 is 0.741 bits per heavy atom. The number of sulfonamides is 1. The molecule has 140 valence electrons. The Balaban J connectivity index is 2.28. The maximum absolute atomic E-state index is 13.9. The Bertz CT molecular complexity index is 987. The van der Waals surface area contributed by atoms with Gasteiger partial charge >= 0.3 is 0 Å². The van der Waals surface area contributed by atoms with E-state index in [0.29, 0.717) is 16.3 Å².